The normalized spacial score (nSPS) is 11.0. The SMILES string of the molecule is Cc1nc(Cl)c2c(n1)nc(N)n2C. The molecule has 0 radical (unpaired) electrons. The molecule has 0 saturated heterocycles. The van der Waals surface area contributed by atoms with Crippen LogP contribution in [0.3, 0.4) is 0 Å². The van der Waals surface area contributed by atoms with E-state index in [4.69, 9.17) is 17.3 Å². The van der Waals surface area contributed by atoms with Gasteiger partial charge in [0, 0.05) is 7.05 Å². The van der Waals surface area contributed by atoms with Crippen molar-refractivity contribution in [3.05, 3.63) is 11.0 Å². The van der Waals surface area contributed by atoms with Gasteiger partial charge in [-0.25, -0.2) is 9.97 Å². The second kappa shape index (κ2) is 2.56. The van der Waals surface area contributed by atoms with Crippen molar-refractivity contribution >= 4 is 28.7 Å². The van der Waals surface area contributed by atoms with Crippen molar-refractivity contribution in [2.24, 2.45) is 7.05 Å². The molecule has 0 aliphatic rings. The number of aryl methyl sites for hydroxylation is 2. The molecule has 2 aromatic heterocycles. The second-order valence-corrected chi connectivity index (χ2v) is 3.12. The van der Waals surface area contributed by atoms with Crippen LogP contribution < -0.4 is 5.73 Å². The average Bonchev–Trinajstić information content (AvgIpc) is 2.27. The number of nitrogens with two attached hydrogens (primary N) is 1. The van der Waals surface area contributed by atoms with E-state index >= 15 is 0 Å². The fourth-order valence-corrected chi connectivity index (χ4v) is 1.52. The number of fused-ring (bicyclic) bond motifs is 1. The zero-order valence-electron chi connectivity index (χ0n) is 7.24. The van der Waals surface area contributed by atoms with Crippen molar-refractivity contribution in [2.45, 2.75) is 6.92 Å². The van der Waals surface area contributed by atoms with Crippen LogP contribution in [-0.4, -0.2) is 19.5 Å². The molecule has 0 amide bonds. The van der Waals surface area contributed by atoms with Gasteiger partial charge in [-0.3, -0.25) is 0 Å². The van der Waals surface area contributed by atoms with E-state index in [1.165, 1.54) is 0 Å². The molecule has 0 fully saturated rings. The van der Waals surface area contributed by atoms with Gasteiger partial charge in [0.25, 0.3) is 0 Å². The van der Waals surface area contributed by atoms with Gasteiger partial charge in [0.1, 0.15) is 11.3 Å². The predicted octanol–water partition coefficient (Wildman–Crippen LogP) is 0.907. The lowest BCUT2D eigenvalue weighted by Crippen LogP contribution is -1.97. The second-order valence-electron chi connectivity index (χ2n) is 2.76. The molecule has 0 bridgehead atoms. The van der Waals surface area contributed by atoms with E-state index in [9.17, 15) is 0 Å². The van der Waals surface area contributed by atoms with E-state index in [2.05, 4.69) is 15.0 Å². The first kappa shape index (κ1) is 8.25. The summed E-state index contributed by atoms with van der Waals surface area (Å²) >= 11 is 5.91. The van der Waals surface area contributed by atoms with E-state index in [0.717, 1.165) is 0 Å². The van der Waals surface area contributed by atoms with Crippen LogP contribution >= 0.6 is 11.6 Å². The highest BCUT2D eigenvalue weighted by Gasteiger charge is 2.11. The molecule has 2 N–H and O–H groups in total. The molecular weight excluding hydrogens is 190 g/mol. The number of halogens is 1. The van der Waals surface area contributed by atoms with Gasteiger partial charge in [-0.15, -0.1) is 0 Å². The number of nitrogen functional groups attached to an aromatic ring is 1. The maximum Gasteiger partial charge on any atom is 0.202 e. The lowest BCUT2D eigenvalue weighted by atomic mass is 10.5. The number of hydrogen-bond donors (Lipinski definition) is 1. The van der Waals surface area contributed by atoms with Crippen LogP contribution in [0, 0.1) is 6.92 Å². The van der Waals surface area contributed by atoms with Crippen LogP contribution in [0.5, 0.6) is 0 Å². The highest BCUT2D eigenvalue weighted by molar-refractivity contribution is 6.33. The molecular formula is C7H8ClN5. The van der Waals surface area contributed by atoms with Gasteiger partial charge in [-0.05, 0) is 6.92 Å². The van der Waals surface area contributed by atoms with E-state index in [0.29, 0.717) is 28.1 Å². The Labute approximate surface area is 79.6 Å². The zero-order chi connectivity index (χ0) is 9.59. The summed E-state index contributed by atoms with van der Waals surface area (Å²) in [5.41, 5.74) is 6.81. The maximum absolute atomic E-state index is 5.91. The minimum Gasteiger partial charge on any atom is -0.369 e. The molecule has 0 spiro atoms. The first-order chi connectivity index (χ1) is 6.09. The Balaban J connectivity index is 2.94. The summed E-state index contributed by atoms with van der Waals surface area (Å²) in [6.07, 6.45) is 0. The van der Waals surface area contributed by atoms with E-state index in [-0.39, 0.29) is 0 Å². The van der Waals surface area contributed by atoms with Crippen LogP contribution in [0.25, 0.3) is 11.2 Å². The Morgan fingerprint density at radius 1 is 1.31 bits per heavy atom. The fraction of sp³-hybridized carbons (Fsp3) is 0.286. The smallest absolute Gasteiger partial charge is 0.202 e. The van der Waals surface area contributed by atoms with Crippen LogP contribution in [0.4, 0.5) is 5.95 Å². The third kappa shape index (κ3) is 1.12. The van der Waals surface area contributed by atoms with Crippen molar-refractivity contribution in [3.8, 4) is 0 Å². The van der Waals surface area contributed by atoms with Crippen molar-refractivity contribution in [3.63, 3.8) is 0 Å². The number of rotatable bonds is 0. The lowest BCUT2D eigenvalue weighted by molar-refractivity contribution is 0.959. The molecule has 2 rings (SSSR count). The number of anilines is 1. The first-order valence-corrected chi connectivity index (χ1v) is 4.09. The summed E-state index contributed by atoms with van der Waals surface area (Å²) in [5, 5.41) is 0.384. The van der Waals surface area contributed by atoms with Gasteiger partial charge in [-0.1, -0.05) is 11.6 Å². The van der Waals surface area contributed by atoms with Gasteiger partial charge >= 0.3 is 0 Å². The quantitative estimate of drug-likeness (QED) is 0.638. The summed E-state index contributed by atoms with van der Waals surface area (Å²) in [7, 11) is 1.77. The zero-order valence-corrected chi connectivity index (χ0v) is 8.00. The number of imidazole rings is 1. The molecule has 0 aliphatic carbocycles. The molecule has 6 heteroatoms. The minimum absolute atomic E-state index is 0.384. The van der Waals surface area contributed by atoms with E-state index in [1.54, 1.807) is 18.5 Å². The summed E-state index contributed by atoms with van der Waals surface area (Å²) in [6, 6.07) is 0. The molecule has 0 unspecified atom stereocenters. The minimum atomic E-state index is 0.384. The summed E-state index contributed by atoms with van der Waals surface area (Å²) in [4.78, 5) is 12.2. The van der Waals surface area contributed by atoms with Gasteiger partial charge in [0.2, 0.25) is 5.95 Å². The maximum atomic E-state index is 5.91. The van der Waals surface area contributed by atoms with Crippen LogP contribution in [-0.2, 0) is 7.05 Å². The Hall–Kier alpha value is -1.36. The predicted molar refractivity (Wildman–Crippen MR) is 50.5 cm³/mol. The third-order valence-corrected chi connectivity index (χ3v) is 2.10. The topological polar surface area (TPSA) is 69.6 Å². The van der Waals surface area contributed by atoms with Crippen molar-refractivity contribution in [2.75, 3.05) is 5.73 Å². The Kier molecular flexibility index (Phi) is 1.63. The number of nitrogens with zero attached hydrogens (tertiary/aromatic N) is 4. The van der Waals surface area contributed by atoms with Crippen molar-refractivity contribution < 1.29 is 0 Å². The van der Waals surface area contributed by atoms with Crippen LogP contribution in [0.2, 0.25) is 5.15 Å². The standard InChI is InChI=1S/C7H8ClN5/c1-3-10-5(8)4-6(11-3)12-7(9)13(4)2/h1-2H3,(H2,9,10,11,12). The van der Waals surface area contributed by atoms with Gasteiger partial charge in [-0.2, -0.15) is 4.98 Å². The number of aromatic nitrogens is 4. The lowest BCUT2D eigenvalue weighted by Gasteiger charge is -1.97. The Morgan fingerprint density at radius 2 is 2.00 bits per heavy atom. The molecule has 0 saturated carbocycles. The average molecular weight is 198 g/mol. The molecule has 0 aliphatic heterocycles. The van der Waals surface area contributed by atoms with Gasteiger partial charge in [0.15, 0.2) is 10.8 Å². The molecule has 2 aromatic rings. The largest absolute Gasteiger partial charge is 0.369 e. The molecule has 0 atom stereocenters. The summed E-state index contributed by atoms with van der Waals surface area (Å²) in [6.45, 7) is 1.76. The fourth-order valence-electron chi connectivity index (χ4n) is 1.18. The van der Waals surface area contributed by atoms with Gasteiger partial charge < -0.3 is 10.3 Å². The molecule has 2 heterocycles. The third-order valence-electron chi connectivity index (χ3n) is 1.83. The Morgan fingerprint density at radius 3 is 2.69 bits per heavy atom. The molecule has 5 nitrogen and oxygen atoms in total. The monoisotopic (exact) mass is 197 g/mol. The summed E-state index contributed by atoms with van der Waals surface area (Å²) in [5.74, 6) is 0.979. The molecule has 13 heavy (non-hydrogen) atoms. The molecule has 0 aromatic carbocycles. The van der Waals surface area contributed by atoms with E-state index in [1.807, 2.05) is 0 Å². The highest BCUT2D eigenvalue weighted by atomic mass is 35.5. The van der Waals surface area contributed by atoms with Gasteiger partial charge in [0.05, 0.1) is 0 Å². The van der Waals surface area contributed by atoms with E-state index < -0.39 is 0 Å². The summed E-state index contributed by atoms with van der Waals surface area (Å²) < 4.78 is 1.66. The van der Waals surface area contributed by atoms with Crippen molar-refractivity contribution in [1.82, 2.24) is 19.5 Å². The van der Waals surface area contributed by atoms with Crippen LogP contribution in [0.15, 0.2) is 0 Å². The first-order valence-electron chi connectivity index (χ1n) is 3.71. The molecule has 68 valence electrons. The Bertz CT molecular complexity index is 475. The van der Waals surface area contributed by atoms with Crippen LogP contribution in [0.1, 0.15) is 5.82 Å². The number of hydrogen-bond acceptors (Lipinski definition) is 4. The van der Waals surface area contributed by atoms with Crippen molar-refractivity contribution in [1.29, 1.82) is 0 Å². The highest BCUT2D eigenvalue weighted by Crippen LogP contribution is 2.21.